The lowest BCUT2D eigenvalue weighted by atomic mass is 10.2. The number of rotatable bonds is 4. The molecule has 5 nitrogen and oxygen atoms in total. The van der Waals surface area contributed by atoms with Gasteiger partial charge in [-0.25, -0.2) is 14.1 Å². The molecule has 0 spiro atoms. The van der Waals surface area contributed by atoms with Gasteiger partial charge in [-0.3, -0.25) is 9.48 Å². The van der Waals surface area contributed by atoms with Crippen LogP contribution < -0.4 is 5.56 Å². The van der Waals surface area contributed by atoms with E-state index in [1.54, 1.807) is 23.0 Å². The molecule has 2 heterocycles. The van der Waals surface area contributed by atoms with Crippen LogP contribution in [0.5, 0.6) is 0 Å². The van der Waals surface area contributed by atoms with Crippen LogP contribution in [-0.2, 0) is 7.05 Å². The average Bonchev–Trinajstić information content (AvgIpc) is 3.14. The minimum Gasteiger partial charge on any atom is -0.318 e. The van der Waals surface area contributed by atoms with Gasteiger partial charge in [0.25, 0.3) is 5.56 Å². The van der Waals surface area contributed by atoms with Crippen molar-refractivity contribution >= 4 is 11.9 Å². The zero-order valence-corrected chi connectivity index (χ0v) is 17.4. The molecule has 0 atom stereocenters. The van der Waals surface area contributed by atoms with Gasteiger partial charge in [-0.05, 0) is 63.2 Å². The average molecular weight is 402 g/mol. The van der Waals surface area contributed by atoms with Crippen molar-refractivity contribution in [1.82, 2.24) is 13.9 Å². The molecule has 4 rings (SSSR count). The lowest BCUT2D eigenvalue weighted by molar-refractivity contribution is 0.627. The Hall–Kier alpha value is -3.67. The molecule has 30 heavy (non-hydrogen) atoms. The van der Waals surface area contributed by atoms with Gasteiger partial charge >= 0.3 is 0 Å². The zero-order valence-electron chi connectivity index (χ0n) is 17.4. The fraction of sp³-hybridized carbons (Fsp3) is 0.167. The fourth-order valence-electron chi connectivity index (χ4n) is 3.74. The predicted octanol–water partition coefficient (Wildman–Crippen LogP) is 4.78. The molecule has 0 N–H and O–H groups in total. The van der Waals surface area contributed by atoms with Crippen LogP contribution in [0.15, 0.2) is 70.5 Å². The Morgan fingerprint density at radius 3 is 2.23 bits per heavy atom. The van der Waals surface area contributed by atoms with E-state index in [9.17, 15) is 9.18 Å². The molecule has 0 saturated heterocycles. The van der Waals surface area contributed by atoms with E-state index in [1.807, 2.05) is 73.5 Å². The van der Waals surface area contributed by atoms with E-state index in [0.29, 0.717) is 5.69 Å². The van der Waals surface area contributed by atoms with Gasteiger partial charge in [0.15, 0.2) is 5.69 Å². The van der Waals surface area contributed by atoms with Gasteiger partial charge in [0.05, 0.1) is 11.4 Å². The summed E-state index contributed by atoms with van der Waals surface area (Å²) in [5.41, 5.74) is 5.60. The van der Waals surface area contributed by atoms with Gasteiger partial charge in [-0.1, -0.05) is 18.2 Å². The highest BCUT2D eigenvalue weighted by Gasteiger charge is 2.16. The van der Waals surface area contributed by atoms with E-state index < -0.39 is 0 Å². The zero-order chi connectivity index (χ0) is 21.4. The number of hydrogen-bond acceptors (Lipinski definition) is 2. The predicted molar refractivity (Wildman–Crippen MR) is 118 cm³/mol. The van der Waals surface area contributed by atoms with E-state index in [-0.39, 0.29) is 11.4 Å². The molecule has 152 valence electrons. The maximum Gasteiger partial charge on any atom is 0.297 e. The number of para-hydroxylation sites is 1. The summed E-state index contributed by atoms with van der Waals surface area (Å²) in [5.74, 6) is -0.266. The number of hydrogen-bond donors (Lipinski definition) is 0. The first kappa shape index (κ1) is 19.6. The van der Waals surface area contributed by atoms with Gasteiger partial charge < -0.3 is 4.57 Å². The van der Waals surface area contributed by atoms with Crippen LogP contribution in [0.1, 0.15) is 22.6 Å². The SMILES string of the molecule is Cc1cc(C=Nc2c(C)n(C)n(-c3ccccc3)c2=O)c(C)n1-c1ccc(F)cc1. The first-order valence-corrected chi connectivity index (χ1v) is 9.71. The number of aromatic nitrogens is 3. The largest absolute Gasteiger partial charge is 0.318 e. The molecule has 0 unspecified atom stereocenters. The van der Waals surface area contributed by atoms with Crippen molar-refractivity contribution in [1.29, 1.82) is 0 Å². The Labute approximate surface area is 174 Å². The molecule has 0 bridgehead atoms. The molecular formula is C24H23FN4O. The molecule has 2 aromatic carbocycles. The van der Waals surface area contributed by atoms with Crippen LogP contribution in [0.25, 0.3) is 11.4 Å². The van der Waals surface area contributed by atoms with E-state index in [4.69, 9.17) is 0 Å². The minimum atomic E-state index is -0.266. The highest BCUT2D eigenvalue weighted by molar-refractivity contribution is 5.84. The Balaban J connectivity index is 1.75. The van der Waals surface area contributed by atoms with Gasteiger partial charge in [-0.15, -0.1) is 0 Å². The van der Waals surface area contributed by atoms with Crippen LogP contribution >= 0.6 is 0 Å². The molecule has 0 saturated carbocycles. The van der Waals surface area contributed by atoms with Crippen molar-refractivity contribution < 1.29 is 4.39 Å². The Morgan fingerprint density at radius 2 is 1.57 bits per heavy atom. The van der Waals surface area contributed by atoms with Gasteiger partial charge in [-0.2, -0.15) is 0 Å². The van der Waals surface area contributed by atoms with E-state index in [0.717, 1.165) is 34.0 Å². The summed E-state index contributed by atoms with van der Waals surface area (Å²) in [4.78, 5) is 17.6. The first-order chi connectivity index (χ1) is 14.4. The van der Waals surface area contributed by atoms with Crippen molar-refractivity contribution in [2.24, 2.45) is 12.0 Å². The summed E-state index contributed by atoms with van der Waals surface area (Å²) in [7, 11) is 1.85. The Kier molecular flexibility index (Phi) is 4.99. The normalized spacial score (nSPS) is 11.5. The standard InChI is InChI=1S/C24H23FN4O/c1-16-14-19(17(2)28(16)21-12-10-20(25)11-13-21)15-26-23-18(3)27(4)29(24(23)30)22-8-6-5-7-9-22/h5-15H,1-4H3. The highest BCUT2D eigenvalue weighted by atomic mass is 19.1. The van der Waals surface area contributed by atoms with Crippen molar-refractivity contribution in [3.8, 4) is 11.4 Å². The lowest BCUT2D eigenvalue weighted by Gasteiger charge is -2.09. The van der Waals surface area contributed by atoms with Crippen LogP contribution in [0.2, 0.25) is 0 Å². The molecule has 6 heteroatoms. The number of aryl methyl sites for hydroxylation is 1. The second-order valence-electron chi connectivity index (χ2n) is 7.31. The third kappa shape index (κ3) is 3.30. The topological polar surface area (TPSA) is 44.2 Å². The van der Waals surface area contributed by atoms with Gasteiger partial charge in [0, 0.05) is 35.9 Å². The molecule has 0 aliphatic heterocycles. The first-order valence-electron chi connectivity index (χ1n) is 9.71. The molecular weight excluding hydrogens is 379 g/mol. The molecule has 0 fully saturated rings. The molecule has 0 amide bonds. The monoisotopic (exact) mass is 402 g/mol. The smallest absolute Gasteiger partial charge is 0.297 e. The summed E-state index contributed by atoms with van der Waals surface area (Å²) >= 11 is 0. The molecule has 0 aliphatic rings. The van der Waals surface area contributed by atoms with Gasteiger partial charge in [0.1, 0.15) is 5.82 Å². The maximum atomic E-state index is 13.3. The van der Waals surface area contributed by atoms with Crippen LogP contribution in [0, 0.1) is 26.6 Å². The molecule has 0 radical (unpaired) electrons. The van der Waals surface area contributed by atoms with Crippen LogP contribution in [0.3, 0.4) is 0 Å². The lowest BCUT2D eigenvalue weighted by Crippen LogP contribution is -2.19. The molecule has 0 aliphatic carbocycles. The van der Waals surface area contributed by atoms with E-state index in [1.165, 1.54) is 12.1 Å². The summed E-state index contributed by atoms with van der Waals surface area (Å²) < 4.78 is 18.8. The number of nitrogens with zero attached hydrogens (tertiary/aromatic N) is 4. The highest BCUT2D eigenvalue weighted by Crippen LogP contribution is 2.22. The summed E-state index contributed by atoms with van der Waals surface area (Å²) in [6, 6.07) is 17.9. The fourth-order valence-corrected chi connectivity index (χ4v) is 3.74. The second kappa shape index (κ2) is 7.63. The third-order valence-electron chi connectivity index (χ3n) is 5.41. The second-order valence-corrected chi connectivity index (χ2v) is 7.31. The molecule has 2 aromatic heterocycles. The maximum absolute atomic E-state index is 13.3. The van der Waals surface area contributed by atoms with Crippen molar-refractivity contribution in [3.63, 3.8) is 0 Å². The third-order valence-corrected chi connectivity index (χ3v) is 5.41. The minimum absolute atomic E-state index is 0.162. The summed E-state index contributed by atoms with van der Waals surface area (Å²) in [6.07, 6.45) is 1.72. The molecule has 4 aromatic rings. The quantitative estimate of drug-likeness (QED) is 0.453. The van der Waals surface area contributed by atoms with Crippen molar-refractivity contribution in [3.05, 3.63) is 99.5 Å². The van der Waals surface area contributed by atoms with Gasteiger partial charge in [0.2, 0.25) is 0 Å². The number of aliphatic imine (C=N–C) groups is 1. The Morgan fingerprint density at radius 1 is 0.900 bits per heavy atom. The number of halogens is 1. The van der Waals surface area contributed by atoms with E-state index in [2.05, 4.69) is 4.99 Å². The Bertz CT molecular complexity index is 1290. The van der Waals surface area contributed by atoms with Crippen molar-refractivity contribution in [2.75, 3.05) is 0 Å². The van der Waals surface area contributed by atoms with Crippen LogP contribution in [0.4, 0.5) is 10.1 Å². The summed E-state index contributed by atoms with van der Waals surface area (Å²) in [5, 5.41) is 0. The van der Waals surface area contributed by atoms with Crippen molar-refractivity contribution in [2.45, 2.75) is 20.8 Å². The van der Waals surface area contributed by atoms with E-state index >= 15 is 0 Å². The number of benzene rings is 2. The summed E-state index contributed by atoms with van der Waals surface area (Å²) in [6.45, 7) is 5.86. The van der Waals surface area contributed by atoms with Crippen LogP contribution in [-0.4, -0.2) is 20.1 Å².